The first-order chi connectivity index (χ1) is 15.0. The van der Waals surface area contributed by atoms with Crippen LogP contribution in [0.15, 0.2) is 36.4 Å². The molecule has 1 aliphatic heterocycles. The molecule has 2 amide bonds. The van der Waals surface area contributed by atoms with Gasteiger partial charge in [-0.15, -0.1) is 0 Å². The van der Waals surface area contributed by atoms with E-state index in [1.807, 2.05) is 6.92 Å². The molecule has 2 aromatic rings. The predicted octanol–water partition coefficient (Wildman–Crippen LogP) is 4.21. The fraction of sp³-hybridized carbons (Fsp3) is 0.480. The van der Waals surface area contributed by atoms with Crippen LogP contribution in [0.2, 0.25) is 0 Å². The van der Waals surface area contributed by atoms with Gasteiger partial charge in [0.15, 0.2) is 11.5 Å². The van der Waals surface area contributed by atoms with E-state index in [1.54, 1.807) is 14.2 Å². The van der Waals surface area contributed by atoms with Gasteiger partial charge in [-0.3, -0.25) is 4.90 Å². The number of methoxy groups -OCH3 is 2. The van der Waals surface area contributed by atoms with Crippen molar-refractivity contribution in [1.29, 1.82) is 0 Å². The minimum absolute atomic E-state index is 0.0332. The summed E-state index contributed by atoms with van der Waals surface area (Å²) < 4.78 is 11.1. The zero-order valence-corrected chi connectivity index (χ0v) is 19.3. The molecular formula is C25H35N3O3. The van der Waals surface area contributed by atoms with Crippen molar-refractivity contribution >= 4 is 6.03 Å². The van der Waals surface area contributed by atoms with Crippen LogP contribution in [0.1, 0.15) is 48.6 Å². The van der Waals surface area contributed by atoms with Gasteiger partial charge < -0.3 is 20.1 Å². The molecule has 1 heterocycles. The van der Waals surface area contributed by atoms with E-state index in [4.69, 9.17) is 9.47 Å². The molecule has 6 nitrogen and oxygen atoms in total. The highest BCUT2D eigenvalue weighted by atomic mass is 16.5. The zero-order chi connectivity index (χ0) is 22.4. The van der Waals surface area contributed by atoms with Crippen molar-refractivity contribution in [3.05, 3.63) is 58.7 Å². The molecule has 0 aliphatic carbocycles. The second-order valence-electron chi connectivity index (χ2n) is 8.08. The maximum Gasteiger partial charge on any atom is 0.315 e. The number of hydrogen-bond acceptors (Lipinski definition) is 4. The van der Waals surface area contributed by atoms with Gasteiger partial charge in [-0.05, 0) is 55.5 Å². The van der Waals surface area contributed by atoms with E-state index < -0.39 is 0 Å². The SMILES string of the molecule is CCNC(=O)NC(CC)C1c2cc(OC)c(OC)cc2CCN1Cc1ccc(C)cc1. The Balaban J connectivity index is 2.00. The lowest BCUT2D eigenvalue weighted by atomic mass is 9.86. The summed E-state index contributed by atoms with van der Waals surface area (Å²) in [6.45, 7) is 8.49. The van der Waals surface area contributed by atoms with Gasteiger partial charge in [-0.2, -0.15) is 0 Å². The number of amides is 2. The number of benzene rings is 2. The zero-order valence-electron chi connectivity index (χ0n) is 19.3. The summed E-state index contributed by atoms with van der Waals surface area (Å²) in [6.07, 6.45) is 1.75. The predicted molar refractivity (Wildman–Crippen MR) is 124 cm³/mol. The molecule has 2 atom stereocenters. The quantitative estimate of drug-likeness (QED) is 0.665. The first-order valence-electron chi connectivity index (χ1n) is 11.1. The number of ether oxygens (including phenoxy) is 2. The van der Waals surface area contributed by atoms with Crippen LogP contribution >= 0.6 is 0 Å². The number of nitrogens with zero attached hydrogens (tertiary/aromatic N) is 1. The van der Waals surface area contributed by atoms with Crippen molar-refractivity contribution in [1.82, 2.24) is 15.5 Å². The van der Waals surface area contributed by atoms with Gasteiger partial charge in [0.1, 0.15) is 0 Å². The van der Waals surface area contributed by atoms with Crippen molar-refractivity contribution in [3.63, 3.8) is 0 Å². The average molecular weight is 426 g/mol. The van der Waals surface area contributed by atoms with Crippen molar-refractivity contribution < 1.29 is 14.3 Å². The molecule has 0 aromatic heterocycles. The van der Waals surface area contributed by atoms with Gasteiger partial charge in [0.25, 0.3) is 0 Å². The van der Waals surface area contributed by atoms with Crippen molar-refractivity contribution in [3.8, 4) is 11.5 Å². The molecule has 0 saturated carbocycles. The number of aryl methyl sites for hydroxylation is 1. The van der Waals surface area contributed by atoms with E-state index in [0.29, 0.717) is 6.54 Å². The Morgan fingerprint density at radius 1 is 1.13 bits per heavy atom. The molecule has 168 valence electrons. The van der Waals surface area contributed by atoms with Gasteiger partial charge in [0.2, 0.25) is 0 Å². The molecule has 0 radical (unpaired) electrons. The third-order valence-electron chi connectivity index (χ3n) is 6.01. The van der Waals surface area contributed by atoms with Crippen LogP contribution < -0.4 is 20.1 Å². The van der Waals surface area contributed by atoms with E-state index in [0.717, 1.165) is 37.4 Å². The molecule has 0 fully saturated rings. The Morgan fingerprint density at radius 2 is 1.81 bits per heavy atom. The second kappa shape index (κ2) is 10.5. The van der Waals surface area contributed by atoms with E-state index >= 15 is 0 Å². The minimum atomic E-state index is -0.128. The highest BCUT2D eigenvalue weighted by Gasteiger charge is 2.35. The Kier molecular flexibility index (Phi) is 7.80. The van der Waals surface area contributed by atoms with Crippen molar-refractivity contribution in [2.75, 3.05) is 27.3 Å². The summed E-state index contributed by atoms with van der Waals surface area (Å²) in [4.78, 5) is 14.9. The lowest BCUT2D eigenvalue weighted by Gasteiger charge is -2.42. The molecule has 2 aromatic carbocycles. The van der Waals surface area contributed by atoms with Crippen LogP contribution in [-0.2, 0) is 13.0 Å². The fourth-order valence-corrected chi connectivity index (χ4v) is 4.39. The first kappa shape index (κ1) is 22.9. The van der Waals surface area contributed by atoms with Gasteiger partial charge in [0.05, 0.1) is 26.3 Å². The van der Waals surface area contributed by atoms with Gasteiger partial charge in [-0.25, -0.2) is 4.79 Å². The van der Waals surface area contributed by atoms with E-state index in [-0.39, 0.29) is 18.1 Å². The second-order valence-corrected chi connectivity index (χ2v) is 8.08. The maximum absolute atomic E-state index is 12.4. The van der Waals surface area contributed by atoms with Gasteiger partial charge in [0, 0.05) is 19.6 Å². The van der Waals surface area contributed by atoms with E-state index in [1.165, 1.54) is 22.3 Å². The number of carbonyl (C=O) groups is 1. The standard InChI is InChI=1S/C25H35N3O3/c1-6-21(27-25(29)26-7-2)24-20-15-23(31-5)22(30-4)14-19(20)12-13-28(24)16-18-10-8-17(3)9-11-18/h8-11,14-15,21,24H,6-7,12-13,16H2,1-5H3,(H2,26,27,29). The summed E-state index contributed by atoms with van der Waals surface area (Å²) in [5.74, 6) is 1.47. The number of hydrogen-bond donors (Lipinski definition) is 2. The molecule has 0 saturated heterocycles. The average Bonchev–Trinajstić information content (AvgIpc) is 2.78. The largest absolute Gasteiger partial charge is 0.493 e. The number of rotatable bonds is 8. The lowest BCUT2D eigenvalue weighted by Crippen LogP contribution is -2.50. The van der Waals surface area contributed by atoms with Crippen molar-refractivity contribution in [2.45, 2.75) is 52.2 Å². The highest BCUT2D eigenvalue weighted by molar-refractivity contribution is 5.74. The van der Waals surface area contributed by atoms with Crippen LogP contribution in [0, 0.1) is 6.92 Å². The summed E-state index contributed by atoms with van der Waals surface area (Å²) in [5, 5.41) is 6.08. The van der Waals surface area contributed by atoms with Crippen LogP contribution in [-0.4, -0.2) is 44.3 Å². The lowest BCUT2D eigenvalue weighted by molar-refractivity contribution is 0.135. The fourth-order valence-electron chi connectivity index (χ4n) is 4.39. The smallest absolute Gasteiger partial charge is 0.315 e. The van der Waals surface area contributed by atoms with Crippen LogP contribution in [0.5, 0.6) is 11.5 Å². The van der Waals surface area contributed by atoms with Gasteiger partial charge in [-0.1, -0.05) is 36.8 Å². The number of urea groups is 1. The minimum Gasteiger partial charge on any atom is -0.493 e. The summed E-state index contributed by atoms with van der Waals surface area (Å²) >= 11 is 0. The Labute approximate surface area is 185 Å². The number of fused-ring (bicyclic) bond motifs is 1. The Bertz CT molecular complexity index is 882. The van der Waals surface area contributed by atoms with Crippen molar-refractivity contribution in [2.24, 2.45) is 0 Å². The first-order valence-corrected chi connectivity index (χ1v) is 11.1. The van der Waals surface area contributed by atoms with E-state index in [2.05, 4.69) is 65.8 Å². The molecule has 0 spiro atoms. The highest BCUT2D eigenvalue weighted by Crippen LogP contribution is 2.40. The summed E-state index contributed by atoms with van der Waals surface area (Å²) in [6, 6.07) is 12.7. The number of carbonyl (C=O) groups excluding carboxylic acids is 1. The molecular weight excluding hydrogens is 390 g/mol. The third kappa shape index (κ3) is 5.31. The molecule has 6 heteroatoms. The maximum atomic E-state index is 12.4. The van der Waals surface area contributed by atoms with Crippen LogP contribution in [0.3, 0.4) is 0 Å². The monoisotopic (exact) mass is 425 g/mol. The van der Waals surface area contributed by atoms with Crippen LogP contribution in [0.25, 0.3) is 0 Å². The molecule has 1 aliphatic rings. The number of nitrogens with one attached hydrogen (secondary N) is 2. The Morgan fingerprint density at radius 3 is 2.42 bits per heavy atom. The van der Waals surface area contributed by atoms with E-state index in [9.17, 15) is 4.79 Å². The summed E-state index contributed by atoms with van der Waals surface area (Å²) in [7, 11) is 3.33. The molecule has 3 rings (SSSR count). The molecule has 31 heavy (non-hydrogen) atoms. The molecule has 0 bridgehead atoms. The molecule has 2 N–H and O–H groups in total. The Hall–Kier alpha value is -2.73. The van der Waals surface area contributed by atoms with Gasteiger partial charge >= 0.3 is 6.03 Å². The summed E-state index contributed by atoms with van der Waals surface area (Å²) in [5.41, 5.74) is 4.97. The normalized spacial score (nSPS) is 16.9. The molecule has 2 unspecified atom stereocenters. The third-order valence-corrected chi connectivity index (χ3v) is 6.01. The topological polar surface area (TPSA) is 62.8 Å². The van der Waals surface area contributed by atoms with Crippen LogP contribution in [0.4, 0.5) is 4.79 Å².